The van der Waals surface area contributed by atoms with E-state index in [0.717, 1.165) is 19.3 Å². The summed E-state index contributed by atoms with van der Waals surface area (Å²) in [6, 6.07) is 0.278. The molecule has 2 atom stereocenters. The van der Waals surface area contributed by atoms with Crippen molar-refractivity contribution in [1.29, 1.82) is 0 Å². The lowest BCUT2D eigenvalue weighted by molar-refractivity contribution is 0.463. The topological polar surface area (TPSA) is 4.36 Å². The van der Waals surface area contributed by atoms with Crippen LogP contribution in [0.5, 0.6) is 0 Å². The molecule has 0 aromatic carbocycles. The highest BCUT2D eigenvalue weighted by molar-refractivity contribution is 5.06. The number of rotatable bonds is 0. The van der Waals surface area contributed by atoms with Gasteiger partial charge in [-0.15, -0.1) is 0 Å². The van der Waals surface area contributed by atoms with Crippen molar-refractivity contribution < 1.29 is 0 Å². The number of hydrogen-bond acceptors (Lipinski definition) is 0. The van der Waals surface area contributed by atoms with Gasteiger partial charge in [0.2, 0.25) is 6.04 Å². The number of hydrogen-bond donors (Lipinski definition) is 0. The van der Waals surface area contributed by atoms with Crippen LogP contribution in [0.3, 0.4) is 0 Å². The Morgan fingerprint density at radius 1 is 1.70 bits per heavy atom. The third kappa shape index (κ3) is 1.39. The van der Waals surface area contributed by atoms with Crippen molar-refractivity contribution in [1.82, 2.24) is 0 Å². The second-order valence-corrected chi connectivity index (χ2v) is 3.12. The Hall–Kier alpha value is -0.770. The lowest BCUT2D eigenvalue weighted by Crippen LogP contribution is -2.16. The minimum atomic E-state index is 0.278. The summed E-state index contributed by atoms with van der Waals surface area (Å²) in [5.41, 5.74) is 1.33. The fourth-order valence-electron chi connectivity index (χ4n) is 1.41. The first-order valence-corrected chi connectivity index (χ1v) is 3.78. The Labute approximate surface area is 62.6 Å². The molecule has 54 valence electrons. The largest absolute Gasteiger partial charge is 0.314 e. The zero-order chi connectivity index (χ0) is 7.56. The minimum absolute atomic E-state index is 0.278. The molecule has 0 aromatic rings. The van der Waals surface area contributed by atoms with Crippen LogP contribution in [0.25, 0.3) is 4.85 Å². The van der Waals surface area contributed by atoms with Crippen molar-refractivity contribution >= 4 is 0 Å². The summed E-state index contributed by atoms with van der Waals surface area (Å²) in [6.07, 6.45) is 3.13. The Bertz CT molecular complexity index is 176. The molecular formula is C9H13N. The minimum Gasteiger partial charge on any atom is -0.314 e. The summed E-state index contributed by atoms with van der Waals surface area (Å²) in [4.78, 5) is 3.54. The molecule has 0 aromatic heterocycles. The smallest absolute Gasteiger partial charge is 0.224 e. The van der Waals surface area contributed by atoms with Gasteiger partial charge in [-0.1, -0.05) is 19.1 Å². The summed E-state index contributed by atoms with van der Waals surface area (Å²) >= 11 is 0. The third-order valence-corrected chi connectivity index (χ3v) is 2.30. The van der Waals surface area contributed by atoms with Gasteiger partial charge in [0.1, 0.15) is 0 Å². The van der Waals surface area contributed by atoms with Gasteiger partial charge < -0.3 is 4.85 Å². The van der Waals surface area contributed by atoms with Gasteiger partial charge in [0.05, 0.1) is 0 Å². The molecule has 2 unspecified atom stereocenters. The molecule has 10 heavy (non-hydrogen) atoms. The second kappa shape index (κ2) is 2.88. The average Bonchev–Trinajstić information content (AvgIpc) is 1.95. The van der Waals surface area contributed by atoms with Crippen molar-refractivity contribution in [2.24, 2.45) is 5.92 Å². The molecule has 0 N–H and O–H groups in total. The molecule has 1 rings (SSSR count). The molecule has 0 bridgehead atoms. The van der Waals surface area contributed by atoms with Gasteiger partial charge in [0.15, 0.2) is 0 Å². The average molecular weight is 135 g/mol. The standard InChI is InChI=1S/C9H13N/c1-7-4-5-9(10-3)6-8(7)2/h8-9H,1,4-6H2,2H3. The maximum atomic E-state index is 6.85. The predicted octanol–water partition coefficient (Wildman–Crippen LogP) is 2.65. The molecule has 1 fully saturated rings. The molecular weight excluding hydrogens is 122 g/mol. The fraction of sp³-hybridized carbons (Fsp3) is 0.667. The van der Waals surface area contributed by atoms with E-state index in [1.807, 2.05) is 0 Å². The molecule has 1 heteroatoms. The molecule has 1 saturated carbocycles. The molecule has 1 aliphatic carbocycles. The Balaban J connectivity index is 2.50. The quantitative estimate of drug-likeness (QED) is 0.355. The van der Waals surface area contributed by atoms with Crippen LogP contribution in [-0.4, -0.2) is 6.04 Å². The van der Waals surface area contributed by atoms with E-state index in [4.69, 9.17) is 6.57 Å². The summed E-state index contributed by atoms with van der Waals surface area (Å²) in [7, 11) is 0. The van der Waals surface area contributed by atoms with Crippen LogP contribution >= 0.6 is 0 Å². The Morgan fingerprint density at radius 2 is 2.40 bits per heavy atom. The summed E-state index contributed by atoms with van der Waals surface area (Å²) < 4.78 is 0. The van der Waals surface area contributed by atoms with E-state index in [1.165, 1.54) is 5.57 Å². The molecule has 0 aliphatic heterocycles. The van der Waals surface area contributed by atoms with Gasteiger partial charge in [-0.05, 0) is 12.3 Å². The van der Waals surface area contributed by atoms with Crippen LogP contribution in [0.15, 0.2) is 12.2 Å². The van der Waals surface area contributed by atoms with Crippen LogP contribution < -0.4 is 0 Å². The van der Waals surface area contributed by atoms with Crippen LogP contribution in [0.2, 0.25) is 0 Å². The van der Waals surface area contributed by atoms with E-state index in [-0.39, 0.29) is 6.04 Å². The molecule has 1 aliphatic rings. The highest BCUT2D eigenvalue weighted by Gasteiger charge is 2.24. The molecule has 0 radical (unpaired) electrons. The Kier molecular flexibility index (Phi) is 2.11. The lowest BCUT2D eigenvalue weighted by Gasteiger charge is -2.21. The lowest BCUT2D eigenvalue weighted by atomic mass is 9.84. The van der Waals surface area contributed by atoms with Crippen molar-refractivity contribution in [3.05, 3.63) is 23.6 Å². The van der Waals surface area contributed by atoms with E-state index in [2.05, 4.69) is 18.3 Å². The first-order chi connectivity index (χ1) is 4.74. The highest BCUT2D eigenvalue weighted by Crippen LogP contribution is 2.29. The normalized spacial score (nSPS) is 33.4. The van der Waals surface area contributed by atoms with Crippen LogP contribution in [0, 0.1) is 12.5 Å². The molecule has 0 heterocycles. The third-order valence-electron chi connectivity index (χ3n) is 2.30. The summed E-state index contributed by atoms with van der Waals surface area (Å²) in [6.45, 7) is 13.0. The van der Waals surface area contributed by atoms with Gasteiger partial charge in [0, 0.05) is 12.8 Å². The molecule has 0 amide bonds. The monoisotopic (exact) mass is 135 g/mol. The van der Waals surface area contributed by atoms with Crippen LogP contribution in [0.4, 0.5) is 0 Å². The van der Waals surface area contributed by atoms with E-state index >= 15 is 0 Å². The fourth-order valence-corrected chi connectivity index (χ4v) is 1.41. The van der Waals surface area contributed by atoms with Gasteiger partial charge in [-0.3, -0.25) is 0 Å². The SMILES string of the molecule is [C-]#[N+]C1CCC(=C)C(C)C1. The van der Waals surface area contributed by atoms with E-state index in [9.17, 15) is 0 Å². The van der Waals surface area contributed by atoms with Crippen molar-refractivity contribution in [2.45, 2.75) is 32.2 Å². The van der Waals surface area contributed by atoms with E-state index in [0.29, 0.717) is 5.92 Å². The summed E-state index contributed by atoms with van der Waals surface area (Å²) in [5.74, 6) is 0.577. The van der Waals surface area contributed by atoms with E-state index < -0.39 is 0 Å². The van der Waals surface area contributed by atoms with Gasteiger partial charge in [-0.25, -0.2) is 6.57 Å². The number of nitrogens with zero attached hydrogens (tertiary/aromatic N) is 1. The van der Waals surface area contributed by atoms with Crippen molar-refractivity contribution in [2.75, 3.05) is 0 Å². The molecule has 1 nitrogen and oxygen atoms in total. The maximum Gasteiger partial charge on any atom is 0.224 e. The van der Waals surface area contributed by atoms with Crippen LogP contribution in [0.1, 0.15) is 26.2 Å². The first kappa shape index (κ1) is 7.34. The zero-order valence-electron chi connectivity index (χ0n) is 6.43. The van der Waals surface area contributed by atoms with Crippen LogP contribution in [-0.2, 0) is 0 Å². The summed E-state index contributed by atoms with van der Waals surface area (Å²) in [5, 5.41) is 0. The molecule has 0 saturated heterocycles. The maximum absolute atomic E-state index is 6.85. The second-order valence-electron chi connectivity index (χ2n) is 3.12. The Morgan fingerprint density at radius 3 is 2.90 bits per heavy atom. The van der Waals surface area contributed by atoms with Crippen molar-refractivity contribution in [3.63, 3.8) is 0 Å². The predicted molar refractivity (Wildman–Crippen MR) is 42.5 cm³/mol. The molecule has 0 spiro atoms. The first-order valence-electron chi connectivity index (χ1n) is 3.78. The van der Waals surface area contributed by atoms with E-state index in [1.54, 1.807) is 0 Å². The highest BCUT2D eigenvalue weighted by atomic mass is 14.7. The van der Waals surface area contributed by atoms with Crippen molar-refractivity contribution in [3.8, 4) is 0 Å². The van der Waals surface area contributed by atoms with Gasteiger partial charge in [-0.2, -0.15) is 0 Å². The van der Waals surface area contributed by atoms with Gasteiger partial charge >= 0.3 is 0 Å². The van der Waals surface area contributed by atoms with Gasteiger partial charge in [0.25, 0.3) is 0 Å². The zero-order valence-corrected chi connectivity index (χ0v) is 6.43. The number of allylic oxidation sites excluding steroid dienone is 1.